The van der Waals surface area contributed by atoms with Crippen molar-refractivity contribution in [2.45, 2.75) is 6.92 Å². The van der Waals surface area contributed by atoms with Crippen LogP contribution in [-0.4, -0.2) is 9.78 Å². The Morgan fingerprint density at radius 3 is 2.50 bits per heavy atom. The summed E-state index contributed by atoms with van der Waals surface area (Å²) in [5.74, 6) is -0.788. The topological polar surface area (TPSA) is 29.9 Å². The van der Waals surface area contributed by atoms with E-state index in [0.29, 0.717) is 21.6 Å². The highest BCUT2D eigenvalue weighted by Crippen LogP contribution is 2.38. The lowest BCUT2D eigenvalue weighted by atomic mass is 10.1. The molecule has 1 N–H and O–H groups in total. The molecule has 0 atom stereocenters. The molecule has 2 aromatic carbocycles. The van der Waals surface area contributed by atoms with Crippen LogP contribution in [0.2, 0.25) is 10.0 Å². The Morgan fingerprint density at radius 1 is 1.08 bits per heavy atom. The predicted octanol–water partition coefficient (Wildman–Crippen LogP) is 5.72. The summed E-state index contributed by atoms with van der Waals surface area (Å²) in [4.78, 5) is 0. The van der Waals surface area contributed by atoms with Crippen LogP contribution in [0.4, 0.5) is 20.3 Å². The Labute approximate surface area is 147 Å². The van der Waals surface area contributed by atoms with E-state index in [2.05, 4.69) is 10.4 Å². The van der Waals surface area contributed by atoms with Gasteiger partial charge in [0, 0.05) is 29.3 Å². The van der Waals surface area contributed by atoms with E-state index in [1.54, 1.807) is 29.9 Å². The maximum atomic E-state index is 14.0. The third kappa shape index (κ3) is 3.09. The highest BCUT2D eigenvalue weighted by atomic mass is 35.5. The van der Waals surface area contributed by atoms with Crippen molar-refractivity contribution in [1.82, 2.24) is 9.78 Å². The Morgan fingerprint density at radius 2 is 1.83 bits per heavy atom. The number of anilines is 2. The average molecular weight is 368 g/mol. The molecule has 0 aliphatic heterocycles. The van der Waals surface area contributed by atoms with Gasteiger partial charge in [-0.25, -0.2) is 8.78 Å². The molecule has 24 heavy (non-hydrogen) atoms. The van der Waals surface area contributed by atoms with Crippen LogP contribution in [0.3, 0.4) is 0 Å². The summed E-state index contributed by atoms with van der Waals surface area (Å²) in [6, 6.07) is 8.47. The van der Waals surface area contributed by atoms with Gasteiger partial charge in [0.1, 0.15) is 17.5 Å². The highest BCUT2D eigenvalue weighted by Gasteiger charge is 2.19. The van der Waals surface area contributed by atoms with Crippen molar-refractivity contribution >= 4 is 34.7 Å². The zero-order valence-corrected chi connectivity index (χ0v) is 14.4. The van der Waals surface area contributed by atoms with E-state index in [9.17, 15) is 8.78 Å². The van der Waals surface area contributed by atoms with Crippen molar-refractivity contribution in [2.24, 2.45) is 7.05 Å². The third-order valence-corrected chi connectivity index (χ3v) is 4.15. The quantitative estimate of drug-likeness (QED) is 0.640. The molecule has 0 bridgehead atoms. The molecule has 1 heterocycles. The van der Waals surface area contributed by atoms with E-state index in [-0.39, 0.29) is 5.69 Å². The zero-order valence-electron chi connectivity index (χ0n) is 12.9. The third-order valence-electron chi connectivity index (χ3n) is 3.61. The Hall–Kier alpha value is -2.11. The number of hydrogen-bond donors (Lipinski definition) is 1. The lowest BCUT2D eigenvalue weighted by Crippen LogP contribution is -2.02. The zero-order chi connectivity index (χ0) is 17.4. The molecule has 0 saturated heterocycles. The molecule has 0 amide bonds. The summed E-state index contributed by atoms with van der Waals surface area (Å²) in [6.45, 7) is 1.83. The summed E-state index contributed by atoms with van der Waals surface area (Å²) in [5.41, 5.74) is 2.30. The first-order chi connectivity index (χ1) is 11.4. The molecule has 0 saturated carbocycles. The number of aryl methyl sites for hydroxylation is 2. The van der Waals surface area contributed by atoms with Gasteiger partial charge in [-0.05, 0) is 31.2 Å². The SMILES string of the molecule is Cc1nn(C)c(Nc2ccc(F)cc2F)c1-c1ccc(Cl)cc1Cl. The van der Waals surface area contributed by atoms with Crippen LogP contribution in [0.1, 0.15) is 5.69 Å². The van der Waals surface area contributed by atoms with Crippen molar-refractivity contribution in [1.29, 1.82) is 0 Å². The largest absolute Gasteiger partial charge is 0.338 e. The number of nitrogens with one attached hydrogen (secondary N) is 1. The van der Waals surface area contributed by atoms with E-state index in [1.165, 1.54) is 12.1 Å². The molecule has 7 heteroatoms. The second-order valence-corrected chi connectivity index (χ2v) is 6.15. The maximum absolute atomic E-state index is 14.0. The Bertz CT molecular complexity index is 922. The van der Waals surface area contributed by atoms with Gasteiger partial charge >= 0.3 is 0 Å². The monoisotopic (exact) mass is 367 g/mol. The van der Waals surface area contributed by atoms with E-state index < -0.39 is 11.6 Å². The van der Waals surface area contributed by atoms with E-state index in [0.717, 1.165) is 17.2 Å². The van der Waals surface area contributed by atoms with Crippen LogP contribution in [0.15, 0.2) is 36.4 Å². The second kappa shape index (κ2) is 6.42. The summed E-state index contributed by atoms with van der Waals surface area (Å²) >= 11 is 12.2. The molecule has 0 unspecified atom stereocenters. The Kier molecular flexibility index (Phi) is 4.47. The minimum atomic E-state index is -0.693. The first-order valence-corrected chi connectivity index (χ1v) is 7.83. The minimum absolute atomic E-state index is 0.144. The average Bonchev–Trinajstić information content (AvgIpc) is 2.76. The fourth-order valence-electron chi connectivity index (χ4n) is 2.53. The minimum Gasteiger partial charge on any atom is -0.338 e. The van der Waals surface area contributed by atoms with Crippen LogP contribution in [0, 0.1) is 18.6 Å². The molecule has 1 aromatic heterocycles. The van der Waals surface area contributed by atoms with Gasteiger partial charge in [-0.2, -0.15) is 5.10 Å². The van der Waals surface area contributed by atoms with Crippen molar-refractivity contribution in [3.63, 3.8) is 0 Å². The summed E-state index contributed by atoms with van der Waals surface area (Å²) in [5, 5.41) is 8.30. The fraction of sp³-hybridized carbons (Fsp3) is 0.118. The molecule has 3 rings (SSSR count). The molecular formula is C17H13Cl2F2N3. The fourth-order valence-corrected chi connectivity index (χ4v) is 3.04. The number of nitrogens with zero attached hydrogens (tertiary/aromatic N) is 2. The molecule has 0 spiro atoms. The molecule has 0 aliphatic carbocycles. The van der Waals surface area contributed by atoms with Gasteiger partial charge in [0.05, 0.1) is 16.4 Å². The number of halogens is 4. The van der Waals surface area contributed by atoms with Gasteiger partial charge in [-0.1, -0.05) is 29.3 Å². The first kappa shape index (κ1) is 16.7. The maximum Gasteiger partial charge on any atom is 0.149 e. The van der Waals surface area contributed by atoms with E-state index in [1.807, 2.05) is 6.92 Å². The van der Waals surface area contributed by atoms with Gasteiger partial charge in [-0.15, -0.1) is 0 Å². The second-order valence-electron chi connectivity index (χ2n) is 5.31. The van der Waals surface area contributed by atoms with Gasteiger partial charge in [0.25, 0.3) is 0 Å². The number of rotatable bonds is 3. The molecule has 0 aliphatic rings. The van der Waals surface area contributed by atoms with Gasteiger partial charge in [0.15, 0.2) is 0 Å². The molecule has 0 fully saturated rings. The van der Waals surface area contributed by atoms with Crippen LogP contribution >= 0.6 is 23.2 Å². The lowest BCUT2D eigenvalue weighted by molar-refractivity contribution is 0.586. The molecule has 0 radical (unpaired) electrons. The molecule has 124 valence electrons. The summed E-state index contributed by atoms with van der Waals surface area (Å²) in [6.07, 6.45) is 0. The van der Waals surface area contributed by atoms with Crippen molar-refractivity contribution in [2.75, 3.05) is 5.32 Å². The van der Waals surface area contributed by atoms with Crippen LogP contribution in [-0.2, 0) is 7.05 Å². The van der Waals surface area contributed by atoms with E-state index in [4.69, 9.17) is 23.2 Å². The summed E-state index contributed by atoms with van der Waals surface area (Å²) in [7, 11) is 1.73. The number of aromatic nitrogens is 2. The predicted molar refractivity (Wildman–Crippen MR) is 93.0 cm³/mol. The smallest absolute Gasteiger partial charge is 0.149 e. The molecule has 3 aromatic rings. The molecule has 3 nitrogen and oxygen atoms in total. The first-order valence-electron chi connectivity index (χ1n) is 7.08. The van der Waals surface area contributed by atoms with Gasteiger partial charge in [-0.3, -0.25) is 4.68 Å². The number of benzene rings is 2. The van der Waals surface area contributed by atoms with Crippen molar-refractivity contribution in [3.05, 3.63) is 63.8 Å². The van der Waals surface area contributed by atoms with Crippen LogP contribution in [0.25, 0.3) is 11.1 Å². The molecular weight excluding hydrogens is 355 g/mol. The van der Waals surface area contributed by atoms with Crippen molar-refractivity contribution in [3.8, 4) is 11.1 Å². The normalized spacial score (nSPS) is 10.9. The van der Waals surface area contributed by atoms with Crippen LogP contribution < -0.4 is 5.32 Å². The summed E-state index contributed by atoms with van der Waals surface area (Å²) < 4.78 is 28.6. The van der Waals surface area contributed by atoms with Gasteiger partial charge < -0.3 is 5.32 Å². The van der Waals surface area contributed by atoms with Crippen LogP contribution in [0.5, 0.6) is 0 Å². The highest BCUT2D eigenvalue weighted by molar-refractivity contribution is 6.36. The van der Waals surface area contributed by atoms with Gasteiger partial charge in [0.2, 0.25) is 0 Å². The van der Waals surface area contributed by atoms with E-state index >= 15 is 0 Å². The Balaban J connectivity index is 2.12. The van der Waals surface area contributed by atoms with Crippen molar-refractivity contribution < 1.29 is 8.78 Å². The number of hydrogen-bond acceptors (Lipinski definition) is 2. The lowest BCUT2D eigenvalue weighted by Gasteiger charge is -2.12. The standard InChI is InChI=1S/C17H13Cl2F2N3/c1-9-16(12-5-3-10(18)7-13(12)19)17(24(2)23-9)22-15-6-4-11(20)8-14(15)21/h3-8,22H,1-2H3.